The summed E-state index contributed by atoms with van der Waals surface area (Å²) in [7, 11) is -3.34. The molecule has 0 unspecified atom stereocenters. The molecule has 0 aromatic heterocycles. The van der Waals surface area contributed by atoms with Gasteiger partial charge in [-0.2, -0.15) is 0 Å². The van der Waals surface area contributed by atoms with Crippen molar-refractivity contribution in [1.29, 1.82) is 0 Å². The van der Waals surface area contributed by atoms with Gasteiger partial charge in [0, 0.05) is 5.69 Å². The fraction of sp³-hybridized carbons (Fsp3) is 0.462. The first-order chi connectivity index (χ1) is 8.99. The maximum Gasteiger partial charge on any atom is 0.340 e. The maximum atomic E-state index is 12.2. The summed E-state index contributed by atoms with van der Waals surface area (Å²) in [5.74, 6) is -0.379. The third kappa shape index (κ3) is 5.55. The highest BCUT2D eigenvalue weighted by atomic mass is 31.2. The van der Waals surface area contributed by atoms with Gasteiger partial charge in [0.2, 0.25) is 5.91 Å². The molecule has 0 saturated carbocycles. The zero-order valence-corrected chi connectivity index (χ0v) is 12.4. The minimum Gasteiger partial charge on any atom is -0.326 e. The molecule has 0 bridgehead atoms. The van der Waals surface area contributed by atoms with Crippen LogP contribution in [0.1, 0.15) is 19.4 Å². The molecule has 0 fully saturated rings. The molecule has 0 heterocycles. The molecule has 0 spiro atoms. The second-order valence-electron chi connectivity index (χ2n) is 4.02. The molecule has 0 atom stereocenters. The molecule has 1 rings (SSSR count). The number of rotatable bonds is 7. The van der Waals surface area contributed by atoms with E-state index >= 15 is 0 Å². The number of nitrogens with one attached hydrogen (secondary N) is 1. The van der Waals surface area contributed by atoms with Gasteiger partial charge in [-0.3, -0.25) is 9.36 Å². The normalized spacial score (nSPS) is 11.3. The van der Waals surface area contributed by atoms with Crippen LogP contribution >= 0.6 is 7.60 Å². The van der Waals surface area contributed by atoms with Crippen molar-refractivity contribution in [3.63, 3.8) is 0 Å². The smallest absolute Gasteiger partial charge is 0.326 e. The van der Waals surface area contributed by atoms with Crippen molar-refractivity contribution in [3.8, 4) is 0 Å². The Labute approximate surface area is 113 Å². The lowest BCUT2D eigenvalue weighted by Crippen LogP contribution is -2.18. The third-order valence-corrected chi connectivity index (χ3v) is 4.27. The number of hydrogen-bond acceptors (Lipinski definition) is 4. The number of carbonyl (C=O) groups excluding carboxylic acids is 1. The first kappa shape index (κ1) is 15.9. The summed E-state index contributed by atoms with van der Waals surface area (Å²) in [6.07, 6.45) is -0.275. The van der Waals surface area contributed by atoms with Gasteiger partial charge in [0.15, 0.2) is 0 Å². The summed E-state index contributed by atoms with van der Waals surface area (Å²) in [4.78, 5) is 11.8. The van der Waals surface area contributed by atoms with Crippen molar-refractivity contribution in [2.75, 3.05) is 24.7 Å². The van der Waals surface area contributed by atoms with E-state index < -0.39 is 7.60 Å². The van der Waals surface area contributed by atoms with E-state index in [2.05, 4.69) is 5.32 Å². The van der Waals surface area contributed by atoms with Gasteiger partial charge in [0.1, 0.15) is 6.16 Å². The predicted molar refractivity (Wildman–Crippen MR) is 75.5 cm³/mol. The fourth-order valence-corrected chi connectivity index (χ4v) is 3.10. The van der Waals surface area contributed by atoms with Crippen molar-refractivity contribution in [3.05, 3.63) is 29.8 Å². The van der Waals surface area contributed by atoms with Crippen LogP contribution in [-0.4, -0.2) is 25.3 Å². The van der Waals surface area contributed by atoms with Crippen LogP contribution < -0.4 is 5.32 Å². The lowest BCUT2D eigenvalue weighted by atomic mass is 10.2. The van der Waals surface area contributed by atoms with Gasteiger partial charge in [0.25, 0.3) is 0 Å². The predicted octanol–water partition coefficient (Wildman–Crippen LogP) is 3.20. The van der Waals surface area contributed by atoms with Crippen molar-refractivity contribution in [2.45, 2.75) is 20.8 Å². The second kappa shape index (κ2) is 7.43. The topological polar surface area (TPSA) is 64.6 Å². The Morgan fingerprint density at radius 1 is 1.26 bits per heavy atom. The van der Waals surface area contributed by atoms with Gasteiger partial charge in [-0.1, -0.05) is 12.1 Å². The van der Waals surface area contributed by atoms with Crippen LogP contribution in [0.25, 0.3) is 0 Å². The Morgan fingerprint density at radius 3 is 2.42 bits per heavy atom. The van der Waals surface area contributed by atoms with Gasteiger partial charge >= 0.3 is 7.60 Å². The van der Waals surface area contributed by atoms with Crippen LogP contribution in [0.3, 0.4) is 0 Å². The summed E-state index contributed by atoms with van der Waals surface area (Å²) < 4.78 is 22.3. The molecule has 0 radical (unpaired) electrons. The molecule has 0 aliphatic carbocycles. The standard InChI is InChI=1S/C13H20NO4P/c1-4-17-19(16,18-5-2)10-13(15)14-12-8-6-7-11(3)9-12/h6-9H,4-5,10H2,1-3H3,(H,14,15). The Morgan fingerprint density at radius 2 is 1.89 bits per heavy atom. The molecule has 106 valence electrons. The van der Waals surface area contributed by atoms with Crippen LogP contribution in [-0.2, 0) is 18.4 Å². The number of benzene rings is 1. The van der Waals surface area contributed by atoms with Crippen molar-refractivity contribution >= 4 is 19.2 Å². The molecule has 6 heteroatoms. The number of aryl methyl sites for hydroxylation is 1. The molecule has 0 saturated heterocycles. The Hall–Kier alpha value is -1.16. The van der Waals surface area contributed by atoms with Crippen LogP contribution in [0.4, 0.5) is 5.69 Å². The first-order valence-electron chi connectivity index (χ1n) is 6.23. The average Bonchev–Trinajstić information content (AvgIpc) is 2.28. The average molecular weight is 285 g/mol. The number of hydrogen-bond donors (Lipinski definition) is 1. The molecule has 1 aromatic rings. The lowest BCUT2D eigenvalue weighted by molar-refractivity contribution is -0.114. The Bertz CT molecular complexity index is 465. The summed E-state index contributed by atoms with van der Waals surface area (Å²) in [5, 5.41) is 2.68. The molecule has 19 heavy (non-hydrogen) atoms. The van der Waals surface area contributed by atoms with E-state index in [4.69, 9.17) is 9.05 Å². The third-order valence-electron chi connectivity index (χ3n) is 2.29. The maximum absolute atomic E-state index is 12.2. The molecule has 1 aromatic carbocycles. The Kier molecular flexibility index (Phi) is 6.22. The molecular formula is C13H20NO4P. The van der Waals surface area contributed by atoms with E-state index in [-0.39, 0.29) is 25.3 Å². The van der Waals surface area contributed by atoms with Crippen LogP contribution in [0.2, 0.25) is 0 Å². The van der Waals surface area contributed by atoms with E-state index in [1.165, 1.54) is 0 Å². The van der Waals surface area contributed by atoms with Crippen LogP contribution in [0, 0.1) is 6.92 Å². The summed E-state index contributed by atoms with van der Waals surface area (Å²) in [5.41, 5.74) is 1.71. The monoisotopic (exact) mass is 285 g/mol. The largest absolute Gasteiger partial charge is 0.340 e. The van der Waals surface area contributed by atoms with Gasteiger partial charge in [-0.05, 0) is 38.5 Å². The summed E-state index contributed by atoms with van der Waals surface area (Å²) >= 11 is 0. The van der Waals surface area contributed by atoms with Gasteiger partial charge in [-0.25, -0.2) is 0 Å². The molecule has 0 aliphatic rings. The van der Waals surface area contributed by atoms with Crippen molar-refractivity contribution in [1.82, 2.24) is 0 Å². The highest BCUT2D eigenvalue weighted by molar-refractivity contribution is 7.54. The first-order valence-corrected chi connectivity index (χ1v) is 7.96. The molecule has 1 N–H and O–H groups in total. The minimum absolute atomic E-state index is 0.245. The van der Waals surface area contributed by atoms with E-state index in [9.17, 15) is 9.36 Å². The zero-order valence-electron chi connectivity index (χ0n) is 11.5. The highest BCUT2D eigenvalue weighted by Gasteiger charge is 2.27. The molecule has 1 amide bonds. The number of carbonyl (C=O) groups is 1. The zero-order chi connectivity index (χ0) is 14.3. The van der Waals surface area contributed by atoms with Crippen molar-refractivity contribution < 1.29 is 18.4 Å². The molecular weight excluding hydrogens is 265 g/mol. The van der Waals surface area contributed by atoms with Gasteiger partial charge < -0.3 is 14.4 Å². The lowest BCUT2D eigenvalue weighted by Gasteiger charge is -2.16. The van der Waals surface area contributed by atoms with Crippen LogP contribution in [0.15, 0.2) is 24.3 Å². The quantitative estimate of drug-likeness (QED) is 0.781. The molecule has 0 aliphatic heterocycles. The summed E-state index contributed by atoms with van der Waals surface area (Å²) in [6, 6.07) is 7.39. The van der Waals surface area contributed by atoms with E-state index in [1.807, 2.05) is 25.1 Å². The van der Waals surface area contributed by atoms with E-state index in [1.54, 1.807) is 19.9 Å². The highest BCUT2D eigenvalue weighted by Crippen LogP contribution is 2.47. The van der Waals surface area contributed by atoms with Gasteiger partial charge in [-0.15, -0.1) is 0 Å². The van der Waals surface area contributed by atoms with Crippen LogP contribution in [0.5, 0.6) is 0 Å². The Balaban J connectivity index is 2.65. The van der Waals surface area contributed by atoms with E-state index in [0.29, 0.717) is 5.69 Å². The van der Waals surface area contributed by atoms with Gasteiger partial charge in [0.05, 0.1) is 13.2 Å². The second-order valence-corrected chi connectivity index (χ2v) is 6.08. The number of anilines is 1. The van der Waals surface area contributed by atoms with E-state index in [0.717, 1.165) is 5.56 Å². The molecule has 5 nitrogen and oxygen atoms in total. The van der Waals surface area contributed by atoms with Crippen molar-refractivity contribution in [2.24, 2.45) is 0 Å². The fourth-order valence-electron chi connectivity index (χ4n) is 1.62. The number of amides is 1. The minimum atomic E-state index is -3.34. The SMILES string of the molecule is CCOP(=O)(CC(=O)Nc1cccc(C)c1)OCC. The summed E-state index contributed by atoms with van der Waals surface area (Å²) in [6.45, 7) is 5.85.